The monoisotopic (exact) mass is 212 g/mol. The fourth-order valence-electron chi connectivity index (χ4n) is 0.883. The number of unbranched alkanes of at least 4 members (excludes halogenated alkanes) is 1. The molecule has 0 rings (SSSR count). The van der Waals surface area contributed by atoms with Crippen LogP contribution in [0.5, 0.6) is 0 Å². The summed E-state index contributed by atoms with van der Waals surface area (Å²) in [6.45, 7) is 4.43. The van der Waals surface area contributed by atoms with Crippen molar-refractivity contribution >= 4 is 11.6 Å². The van der Waals surface area contributed by atoms with Gasteiger partial charge >= 0.3 is 0 Å². The number of hydrogen-bond acceptors (Lipinski definition) is 0. The van der Waals surface area contributed by atoms with Crippen LogP contribution in [-0.4, -0.2) is 5.88 Å². The molecule has 0 aliphatic heterocycles. The minimum Gasteiger partial charge on any atom is -0.126 e. The molecule has 0 aromatic carbocycles. The van der Waals surface area contributed by atoms with Crippen LogP contribution >= 0.6 is 11.6 Å². The van der Waals surface area contributed by atoms with Crippen LogP contribution in [0.15, 0.2) is 0 Å². The van der Waals surface area contributed by atoms with E-state index in [1.54, 1.807) is 0 Å². The molecule has 0 aliphatic rings. The van der Waals surface area contributed by atoms with Gasteiger partial charge < -0.3 is 0 Å². The van der Waals surface area contributed by atoms with E-state index in [1.165, 1.54) is 25.7 Å². The van der Waals surface area contributed by atoms with E-state index >= 15 is 0 Å². The second kappa shape index (κ2) is 9.91. The third-order valence-electron chi connectivity index (χ3n) is 1.76. The first-order valence-electron chi connectivity index (χ1n) is 3.91. The molecular weight excluding hydrogens is 197 g/mol. The van der Waals surface area contributed by atoms with Gasteiger partial charge in [-0.3, -0.25) is 0 Å². The van der Waals surface area contributed by atoms with Gasteiger partial charge in [0.15, 0.2) is 0 Å². The van der Waals surface area contributed by atoms with Crippen molar-refractivity contribution in [2.45, 2.75) is 39.5 Å². The minimum absolute atomic E-state index is 0. The van der Waals surface area contributed by atoms with Crippen LogP contribution in [0.4, 0.5) is 0 Å². The Bertz CT molecular complexity index is 53.2. The van der Waals surface area contributed by atoms with Crippen molar-refractivity contribution in [2.75, 3.05) is 5.88 Å². The summed E-state index contributed by atoms with van der Waals surface area (Å²) < 4.78 is 0. The summed E-state index contributed by atoms with van der Waals surface area (Å²) in [6.07, 6.45) is 5.19. The average molecular weight is 214 g/mol. The van der Waals surface area contributed by atoms with Crippen LogP contribution in [-0.2, 0) is 19.5 Å². The van der Waals surface area contributed by atoms with Gasteiger partial charge in [0.1, 0.15) is 0 Å². The zero-order valence-electron chi connectivity index (χ0n) is 7.20. The first-order chi connectivity index (χ1) is 4.35. The molecule has 0 spiro atoms. The van der Waals surface area contributed by atoms with E-state index in [1.807, 2.05) is 0 Å². The molecule has 0 radical (unpaired) electrons. The summed E-state index contributed by atoms with van der Waals surface area (Å²) in [4.78, 5) is 0. The molecule has 0 aromatic rings. The van der Waals surface area contributed by atoms with Crippen molar-refractivity contribution in [3.05, 3.63) is 0 Å². The van der Waals surface area contributed by atoms with Crippen molar-refractivity contribution in [3.63, 3.8) is 0 Å². The quantitative estimate of drug-likeness (QED) is 0.485. The third-order valence-corrected chi connectivity index (χ3v) is 2.20. The van der Waals surface area contributed by atoms with E-state index in [4.69, 9.17) is 11.6 Å². The number of hydrogen-bond donors (Lipinski definition) is 0. The smallest absolute Gasteiger partial charge is 0.0251 e. The summed E-state index contributed by atoms with van der Waals surface area (Å²) in [5.41, 5.74) is 0. The molecule has 1 atom stereocenters. The molecule has 0 bridgehead atoms. The molecule has 0 heterocycles. The molecular formula is C8H17ClZn. The van der Waals surface area contributed by atoms with Crippen LogP contribution in [0.25, 0.3) is 0 Å². The zero-order valence-corrected chi connectivity index (χ0v) is 10.9. The standard InChI is InChI=1S/C8H17Cl.Zn/c1-3-5-6-8(4-2)7-9;/h8H,3-7H2,1-2H3;. The Morgan fingerprint density at radius 2 is 1.90 bits per heavy atom. The van der Waals surface area contributed by atoms with E-state index in [9.17, 15) is 0 Å². The first kappa shape index (κ1) is 13.5. The molecule has 58 valence electrons. The van der Waals surface area contributed by atoms with Crippen molar-refractivity contribution in [1.82, 2.24) is 0 Å². The van der Waals surface area contributed by atoms with Gasteiger partial charge in [0.25, 0.3) is 0 Å². The molecule has 0 amide bonds. The van der Waals surface area contributed by atoms with Gasteiger partial charge in [-0.2, -0.15) is 0 Å². The Kier molecular flexibility index (Phi) is 13.4. The maximum atomic E-state index is 5.70. The summed E-state index contributed by atoms with van der Waals surface area (Å²) in [7, 11) is 0. The summed E-state index contributed by atoms with van der Waals surface area (Å²) >= 11 is 5.70. The van der Waals surface area contributed by atoms with Crippen molar-refractivity contribution in [1.29, 1.82) is 0 Å². The molecule has 0 nitrogen and oxygen atoms in total. The Morgan fingerprint density at radius 3 is 2.20 bits per heavy atom. The fourth-order valence-corrected chi connectivity index (χ4v) is 1.26. The zero-order chi connectivity index (χ0) is 7.11. The van der Waals surface area contributed by atoms with Gasteiger partial charge in [-0.05, 0) is 12.3 Å². The van der Waals surface area contributed by atoms with E-state index in [0.29, 0.717) is 0 Å². The third kappa shape index (κ3) is 7.03. The SMILES string of the molecule is CCCCC(CC)CCl.[Zn]. The minimum atomic E-state index is 0. The molecule has 0 saturated carbocycles. The fraction of sp³-hybridized carbons (Fsp3) is 1.00. The van der Waals surface area contributed by atoms with E-state index < -0.39 is 0 Å². The Balaban J connectivity index is 0. The number of halogens is 1. The molecule has 1 unspecified atom stereocenters. The van der Waals surface area contributed by atoms with Crippen LogP contribution in [0, 0.1) is 5.92 Å². The van der Waals surface area contributed by atoms with Crippen LogP contribution < -0.4 is 0 Å². The molecule has 0 N–H and O–H groups in total. The van der Waals surface area contributed by atoms with E-state index in [2.05, 4.69) is 13.8 Å². The van der Waals surface area contributed by atoms with Gasteiger partial charge in [0.2, 0.25) is 0 Å². The van der Waals surface area contributed by atoms with Crippen LogP contribution in [0.1, 0.15) is 39.5 Å². The van der Waals surface area contributed by atoms with E-state index in [-0.39, 0.29) is 19.5 Å². The van der Waals surface area contributed by atoms with Crippen molar-refractivity contribution in [2.24, 2.45) is 5.92 Å². The van der Waals surface area contributed by atoms with Gasteiger partial charge in [-0.15, -0.1) is 11.6 Å². The number of alkyl halides is 1. The van der Waals surface area contributed by atoms with Gasteiger partial charge in [0.05, 0.1) is 0 Å². The topological polar surface area (TPSA) is 0 Å². The number of rotatable bonds is 5. The second-order valence-corrected chi connectivity index (χ2v) is 2.88. The summed E-state index contributed by atoms with van der Waals surface area (Å²) in [5, 5.41) is 0. The normalized spacial score (nSPS) is 12.3. The van der Waals surface area contributed by atoms with Gasteiger partial charge in [-0.25, -0.2) is 0 Å². The van der Waals surface area contributed by atoms with Crippen molar-refractivity contribution in [3.8, 4) is 0 Å². The second-order valence-electron chi connectivity index (χ2n) is 2.57. The van der Waals surface area contributed by atoms with Crippen LogP contribution in [0.2, 0.25) is 0 Å². The first-order valence-corrected chi connectivity index (χ1v) is 4.44. The summed E-state index contributed by atoms with van der Waals surface area (Å²) in [5.74, 6) is 1.61. The maximum Gasteiger partial charge on any atom is 0.0251 e. The average Bonchev–Trinajstić information content (AvgIpc) is 1.91. The van der Waals surface area contributed by atoms with Crippen LogP contribution in [0.3, 0.4) is 0 Å². The largest absolute Gasteiger partial charge is 0.126 e. The van der Waals surface area contributed by atoms with Crippen molar-refractivity contribution < 1.29 is 19.5 Å². The molecule has 2 heteroatoms. The molecule has 0 aromatic heterocycles. The molecule has 0 aliphatic carbocycles. The maximum absolute atomic E-state index is 5.70. The Hall–Kier alpha value is 0.913. The van der Waals surface area contributed by atoms with Gasteiger partial charge in [-0.1, -0.05) is 33.1 Å². The predicted octanol–water partition coefficient (Wildman–Crippen LogP) is 3.44. The van der Waals surface area contributed by atoms with Gasteiger partial charge in [0, 0.05) is 25.4 Å². The predicted molar refractivity (Wildman–Crippen MR) is 44.0 cm³/mol. The molecule has 0 fully saturated rings. The van der Waals surface area contributed by atoms with E-state index in [0.717, 1.165) is 11.8 Å². The Labute approximate surface area is 82.5 Å². The molecule has 0 saturated heterocycles. The molecule has 10 heavy (non-hydrogen) atoms. The summed E-state index contributed by atoms with van der Waals surface area (Å²) in [6, 6.07) is 0. The Morgan fingerprint density at radius 1 is 1.30 bits per heavy atom.